The summed E-state index contributed by atoms with van der Waals surface area (Å²) >= 11 is 0. The van der Waals surface area contributed by atoms with Gasteiger partial charge in [0.05, 0.1) is 7.11 Å². The number of halogens is 2. The molecule has 2 aromatic rings. The van der Waals surface area contributed by atoms with Gasteiger partial charge in [-0.3, -0.25) is 9.69 Å². The maximum Gasteiger partial charge on any atom is 0.387 e. The molecule has 0 radical (unpaired) electrons. The molecule has 0 saturated carbocycles. The average molecular weight is 406 g/mol. The molecule has 0 saturated heterocycles. The quantitative estimate of drug-likeness (QED) is 0.613. The first-order valence-electron chi connectivity index (χ1n) is 9.67. The zero-order chi connectivity index (χ0) is 21.2. The topological polar surface area (TPSA) is 50.8 Å². The number of carbonyl (C=O) groups is 1. The number of rotatable bonds is 11. The molecule has 1 amide bonds. The predicted molar refractivity (Wildman–Crippen MR) is 109 cm³/mol. The lowest BCUT2D eigenvalue weighted by molar-refractivity contribution is -0.0512. The Morgan fingerprint density at radius 1 is 1.07 bits per heavy atom. The number of hydrogen-bond donors (Lipinski definition) is 1. The smallest absolute Gasteiger partial charge is 0.387 e. The van der Waals surface area contributed by atoms with Crippen molar-refractivity contribution < 1.29 is 23.0 Å². The summed E-state index contributed by atoms with van der Waals surface area (Å²) in [6, 6.07) is 14.4. The number of nitrogens with one attached hydrogen (secondary N) is 1. The van der Waals surface area contributed by atoms with Crippen molar-refractivity contribution in [3.8, 4) is 11.5 Å². The molecule has 1 atom stereocenters. The van der Waals surface area contributed by atoms with Gasteiger partial charge in [0.2, 0.25) is 0 Å². The van der Waals surface area contributed by atoms with E-state index in [2.05, 4.69) is 40.9 Å². The molecule has 2 rings (SSSR count). The number of hydrogen-bond acceptors (Lipinski definition) is 4. The van der Waals surface area contributed by atoms with Crippen molar-refractivity contribution in [2.75, 3.05) is 26.7 Å². The van der Waals surface area contributed by atoms with E-state index in [4.69, 9.17) is 4.74 Å². The van der Waals surface area contributed by atoms with Crippen molar-refractivity contribution in [3.63, 3.8) is 0 Å². The fourth-order valence-corrected chi connectivity index (χ4v) is 3.27. The fourth-order valence-electron chi connectivity index (χ4n) is 3.27. The molecular formula is C22H28F2N2O3. The van der Waals surface area contributed by atoms with Gasteiger partial charge in [-0.2, -0.15) is 8.78 Å². The number of ether oxygens (including phenoxy) is 2. The van der Waals surface area contributed by atoms with Gasteiger partial charge in [-0.1, -0.05) is 44.2 Å². The maximum atomic E-state index is 12.6. The summed E-state index contributed by atoms with van der Waals surface area (Å²) in [6.07, 6.45) is 0.813. The third-order valence-corrected chi connectivity index (χ3v) is 4.78. The molecule has 0 spiro atoms. The molecule has 158 valence electrons. The summed E-state index contributed by atoms with van der Waals surface area (Å²) < 4.78 is 34.4. The molecule has 0 aromatic heterocycles. The second-order valence-electron chi connectivity index (χ2n) is 6.52. The lowest BCUT2D eigenvalue weighted by atomic mass is 10.0. The highest BCUT2D eigenvalue weighted by molar-refractivity contribution is 5.94. The molecule has 0 aliphatic carbocycles. The van der Waals surface area contributed by atoms with Gasteiger partial charge in [-0.05, 0) is 43.3 Å². The largest absolute Gasteiger partial charge is 0.493 e. The molecule has 7 heteroatoms. The van der Waals surface area contributed by atoms with E-state index in [1.807, 2.05) is 18.2 Å². The van der Waals surface area contributed by atoms with E-state index in [0.717, 1.165) is 19.5 Å². The Morgan fingerprint density at radius 2 is 1.76 bits per heavy atom. The van der Waals surface area contributed by atoms with Crippen LogP contribution in [0.4, 0.5) is 8.78 Å². The van der Waals surface area contributed by atoms with E-state index in [-0.39, 0.29) is 23.4 Å². The Hall–Kier alpha value is -2.67. The zero-order valence-corrected chi connectivity index (χ0v) is 17.0. The molecule has 0 aliphatic heterocycles. The summed E-state index contributed by atoms with van der Waals surface area (Å²) in [4.78, 5) is 14.9. The average Bonchev–Trinajstić information content (AvgIpc) is 2.73. The lowest BCUT2D eigenvalue weighted by Crippen LogP contribution is -2.45. The normalized spacial score (nSPS) is 12.1. The summed E-state index contributed by atoms with van der Waals surface area (Å²) in [5, 5.41) is 2.95. The van der Waals surface area contributed by atoms with Crippen LogP contribution in [0, 0.1) is 0 Å². The number of methoxy groups -OCH3 is 1. The van der Waals surface area contributed by atoms with Crippen LogP contribution in [0.3, 0.4) is 0 Å². The van der Waals surface area contributed by atoms with Gasteiger partial charge < -0.3 is 14.8 Å². The Bertz CT molecular complexity index is 768. The minimum atomic E-state index is -2.96. The standard InChI is InChI=1S/C22H28F2N2O3/c1-4-26(5-2)18(13-16-9-7-6-8-10-16)15-25-21(27)17-11-12-19(29-22(23)24)20(14-17)28-3/h6-12,14,18,22H,4-5,13,15H2,1-3H3,(H,25,27). The van der Waals surface area contributed by atoms with E-state index >= 15 is 0 Å². The molecule has 0 bridgehead atoms. The van der Waals surface area contributed by atoms with Crippen molar-refractivity contribution in [1.29, 1.82) is 0 Å². The second kappa shape index (κ2) is 11.4. The summed E-state index contributed by atoms with van der Waals surface area (Å²) in [5.41, 5.74) is 1.52. The first kappa shape index (κ1) is 22.6. The highest BCUT2D eigenvalue weighted by atomic mass is 19.3. The van der Waals surface area contributed by atoms with Crippen molar-refractivity contribution in [2.45, 2.75) is 32.9 Å². The highest BCUT2D eigenvalue weighted by Gasteiger charge is 2.19. The Kier molecular flexibility index (Phi) is 8.86. The summed E-state index contributed by atoms with van der Waals surface area (Å²) in [5.74, 6) is -0.316. The van der Waals surface area contributed by atoms with Crippen molar-refractivity contribution in [2.24, 2.45) is 0 Å². The monoisotopic (exact) mass is 406 g/mol. The minimum absolute atomic E-state index is 0.0857. The molecule has 29 heavy (non-hydrogen) atoms. The zero-order valence-electron chi connectivity index (χ0n) is 17.0. The molecule has 1 unspecified atom stereocenters. The van der Waals surface area contributed by atoms with E-state index < -0.39 is 6.61 Å². The molecule has 0 fully saturated rings. The first-order valence-corrected chi connectivity index (χ1v) is 9.67. The van der Waals surface area contributed by atoms with Crippen molar-refractivity contribution in [3.05, 3.63) is 59.7 Å². The van der Waals surface area contributed by atoms with Crippen LogP contribution in [0.2, 0.25) is 0 Å². The van der Waals surface area contributed by atoms with Crippen LogP contribution in [0.1, 0.15) is 29.8 Å². The number of carbonyl (C=O) groups excluding carboxylic acids is 1. The molecule has 1 N–H and O–H groups in total. The Balaban J connectivity index is 2.08. The Labute approximate surface area is 170 Å². The molecule has 5 nitrogen and oxygen atoms in total. The highest BCUT2D eigenvalue weighted by Crippen LogP contribution is 2.29. The van der Waals surface area contributed by atoms with Gasteiger partial charge in [0.1, 0.15) is 0 Å². The predicted octanol–water partition coefficient (Wildman–Crippen LogP) is 3.98. The molecular weight excluding hydrogens is 378 g/mol. The van der Waals surface area contributed by atoms with Crippen LogP contribution >= 0.6 is 0 Å². The van der Waals surface area contributed by atoms with E-state index in [0.29, 0.717) is 12.1 Å². The number of nitrogens with zero attached hydrogens (tertiary/aromatic N) is 1. The van der Waals surface area contributed by atoms with Gasteiger partial charge in [0.25, 0.3) is 5.91 Å². The lowest BCUT2D eigenvalue weighted by Gasteiger charge is -2.30. The van der Waals surface area contributed by atoms with E-state index in [9.17, 15) is 13.6 Å². The van der Waals surface area contributed by atoms with Crippen molar-refractivity contribution >= 4 is 5.91 Å². The Morgan fingerprint density at radius 3 is 2.34 bits per heavy atom. The van der Waals surface area contributed by atoms with Crippen LogP contribution in [-0.4, -0.2) is 50.2 Å². The maximum absolute atomic E-state index is 12.6. The number of alkyl halides is 2. The van der Waals surface area contributed by atoms with Gasteiger partial charge in [-0.15, -0.1) is 0 Å². The van der Waals surface area contributed by atoms with Gasteiger partial charge >= 0.3 is 6.61 Å². The summed E-state index contributed by atoms with van der Waals surface area (Å²) in [7, 11) is 1.34. The summed E-state index contributed by atoms with van der Waals surface area (Å²) in [6.45, 7) is 3.43. The fraction of sp³-hybridized carbons (Fsp3) is 0.409. The first-order chi connectivity index (χ1) is 14.0. The number of amides is 1. The van der Waals surface area contributed by atoms with Gasteiger partial charge in [0, 0.05) is 18.2 Å². The third-order valence-electron chi connectivity index (χ3n) is 4.78. The number of likely N-dealkylation sites (N-methyl/N-ethyl adjacent to an activating group) is 1. The third kappa shape index (κ3) is 6.71. The van der Waals surface area contributed by atoms with Crippen LogP contribution in [0.15, 0.2) is 48.5 Å². The van der Waals surface area contributed by atoms with Crippen LogP contribution in [-0.2, 0) is 6.42 Å². The molecule has 2 aromatic carbocycles. The second-order valence-corrected chi connectivity index (χ2v) is 6.52. The van der Waals surface area contributed by atoms with Crippen molar-refractivity contribution in [1.82, 2.24) is 10.2 Å². The van der Waals surface area contributed by atoms with Crippen LogP contribution in [0.5, 0.6) is 11.5 Å². The van der Waals surface area contributed by atoms with E-state index in [1.165, 1.54) is 30.9 Å². The molecule has 0 heterocycles. The SMILES string of the molecule is CCN(CC)C(CNC(=O)c1ccc(OC(F)F)c(OC)c1)Cc1ccccc1. The molecule has 0 aliphatic rings. The minimum Gasteiger partial charge on any atom is -0.493 e. The van der Waals surface area contributed by atoms with Gasteiger partial charge in [-0.25, -0.2) is 0 Å². The van der Waals surface area contributed by atoms with Crippen LogP contribution < -0.4 is 14.8 Å². The van der Waals surface area contributed by atoms with E-state index in [1.54, 1.807) is 0 Å². The van der Waals surface area contributed by atoms with Gasteiger partial charge in [0.15, 0.2) is 11.5 Å². The number of benzene rings is 2. The van der Waals surface area contributed by atoms with Crippen LogP contribution in [0.25, 0.3) is 0 Å².